The first-order chi connectivity index (χ1) is 8.87. The molecule has 0 saturated heterocycles. The summed E-state index contributed by atoms with van der Waals surface area (Å²) in [6.07, 6.45) is -4.31. The van der Waals surface area contributed by atoms with E-state index in [-0.39, 0.29) is 10.8 Å². The lowest BCUT2D eigenvalue weighted by Gasteiger charge is -2.11. The second-order valence-electron chi connectivity index (χ2n) is 3.91. The fraction of sp³-hybridized carbons (Fsp3) is 0.167. The van der Waals surface area contributed by atoms with Crippen molar-refractivity contribution in [3.8, 4) is 0 Å². The van der Waals surface area contributed by atoms with Crippen LogP contribution in [-0.2, 0) is 0 Å². The summed E-state index contributed by atoms with van der Waals surface area (Å²) < 4.78 is 36.5. The van der Waals surface area contributed by atoms with Gasteiger partial charge in [0.2, 0.25) is 0 Å². The summed E-state index contributed by atoms with van der Waals surface area (Å²) in [6, 6.07) is 8.41. The van der Waals surface area contributed by atoms with E-state index in [1.165, 1.54) is 6.07 Å². The number of benzene rings is 1. The molecule has 7 heteroatoms. The number of para-hydroxylation sites is 1. The number of nitrogens with zero attached hydrogens (tertiary/aromatic N) is 1. The quantitative estimate of drug-likeness (QED) is 0.851. The predicted octanol–water partition coefficient (Wildman–Crippen LogP) is 2.84. The second-order valence-corrected chi connectivity index (χ2v) is 4.35. The van der Waals surface area contributed by atoms with Gasteiger partial charge in [0.25, 0.3) is 0 Å². The van der Waals surface area contributed by atoms with Gasteiger partial charge in [0.15, 0.2) is 0 Å². The van der Waals surface area contributed by atoms with Crippen LogP contribution in [0.2, 0.25) is 0 Å². The van der Waals surface area contributed by atoms with Gasteiger partial charge in [-0.15, -0.1) is 0 Å². The van der Waals surface area contributed by atoms with Crippen molar-refractivity contribution in [2.24, 2.45) is 5.73 Å². The van der Waals surface area contributed by atoms with E-state index in [0.717, 1.165) is 0 Å². The topological polar surface area (TPSA) is 50.9 Å². The maximum Gasteiger partial charge on any atom is 0.405 e. The van der Waals surface area contributed by atoms with Crippen LogP contribution < -0.4 is 11.1 Å². The van der Waals surface area contributed by atoms with E-state index in [0.29, 0.717) is 16.5 Å². The molecule has 3 N–H and O–H groups in total. The first-order valence-electron chi connectivity index (χ1n) is 5.37. The summed E-state index contributed by atoms with van der Waals surface area (Å²) in [5.74, 6) is 0.0961. The Labute approximate surface area is 112 Å². The van der Waals surface area contributed by atoms with Crippen molar-refractivity contribution in [3.63, 3.8) is 0 Å². The van der Waals surface area contributed by atoms with Gasteiger partial charge in [0, 0.05) is 10.9 Å². The number of pyridine rings is 1. The van der Waals surface area contributed by atoms with Gasteiger partial charge < -0.3 is 11.1 Å². The fourth-order valence-corrected chi connectivity index (χ4v) is 1.83. The molecule has 0 bridgehead atoms. The van der Waals surface area contributed by atoms with Crippen molar-refractivity contribution in [2.75, 3.05) is 11.9 Å². The number of alkyl halides is 3. The molecule has 2 rings (SSSR count). The number of anilines is 1. The van der Waals surface area contributed by atoms with Crippen molar-refractivity contribution in [1.29, 1.82) is 0 Å². The molecule has 1 aromatic heterocycles. The van der Waals surface area contributed by atoms with Crippen LogP contribution in [0, 0.1) is 0 Å². The third kappa shape index (κ3) is 3.31. The van der Waals surface area contributed by atoms with Gasteiger partial charge in [-0.25, -0.2) is 4.98 Å². The SMILES string of the molecule is NC(=S)c1cc(NCC(F)(F)F)nc2ccccc12. The van der Waals surface area contributed by atoms with Crippen molar-refractivity contribution < 1.29 is 13.2 Å². The Morgan fingerprint density at radius 3 is 2.63 bits per heavy atom. The van der Waals surface area contributed by atoms with E-state index in [2.05, 4.69) is 10.3 Å². The molecule has 100 valence electrons. The van der Waals surface area contributed by atoms with Crippen LogP contribution in [0.15, 0.2) is 30.3 Å². The molecule has 0 atom stereocenters. The van der Waals surface area contributed by atoms with Crippen LogP contribution in [0.1, 0.15) is 5.56 Å². The summed E-state index contributed by atoms with van der Waals surface area (Å²) in [7, 11) is 0. The Bertz CT molecular complexity index is 625. The van der Waals surface area contributed by atoms with E-state index >= 15 is 0 Å². The number of thiocarbonyl (C=S) groups is 1. The zero-order valence-corrected chi connectivity index (χ0v) is 10.5. The smallest absolute Gasteiger partial charge is 0.389 e. The number of hydrogen-bond acceptors (Lipinski definition) is 3. The lowest BCUT2D eigenvalue weighted by Crippen LogP contribution is -2.22. The highest BCUT2D eigenvalue weighted by Gasteiger charge is 2.26. The van der Waals surface area contributed by atoms with Crippen molar-refractivity contribution in [2.45, 2.75) is 6.18 Å². The van der Waals surface area contributed by atoms with E-state index in [4.69, 9.17) is 18.0 Å². The normalized spacial score (nSPS) is 11.5. The van der Waals surface area contributed by atoms with Gasteiger partial charge in [-0.2, -0.15) is 13.2 Å². The van der Waals surface area contributed by atoms with Crippen LogP contribution in [0.25, 0.3) is 10.9 Å². The summed E-state index contributed by atoms with van der Waals surface area (Å²) in [5, 5.41) is 2.94. The molecule has 0 aliphatic rings. The number of halogens is 3. The maximum absolute atomic E-state index is 12.2. The summed E-state index contributed by atoms with van der Waals surface area (Å²) >= 11 is 4.91. The highest BCUT2D eigenvalue weighted by molar-refractivity contribution is 7.80. The van der Waals surface area contributed by atoms with Crippen molar-refractivity contribution in [3.05, 3.63) is 35.9 Å². The maximum atomic E-state index is 12.2. The molecular weight excluding hydrogens is 275 g/mol. The Balaban J connectivity index is 2.44. The van der Waals surface area contributed by atoms with Gasteiger partial charge in [0.1, 0.15) is 17.4 Å². The van der Waals surface area contributed by atoms with Crippen molar-refractivity contribution in [1.82, 2.24) is 4.98 Å². The minimum absolute atomic E-state index is 0.0961. The number of hydrogen-bond donors (Lipinski definition) is 2. The molecule has 19 heavy (non-hydrogen) atoms. The minimum Gasteiger partial charge on any atom is -0.389 e. The highest BCUT2D eigenvalue weighted by atomic mass is 32.1. The second kappa shape index (κ2) is 5.00. The average molecular weight is 285 g/mol. The lowest BCUT2D eigenvalue weighted by molar-refractivity contribution is -0.115. The molecule has 0 aliphatic heterocycles. The Morgan fingerprint density at radius 1 is 1.32 bits per heavy atom. The average Bonchev–Trinajstić information content (AvgIpc) is 2.34. The number of fused-ring (bicyclic) bond motifs is 1. The Morgan fingerprint density at radius 2 is 2.00 bits per heavy atom. The third-order valence-corrected chi connectivity index (χ3v) is 2.67. The number of nitrogens with one attached hydrogen (secondary N) is 1. The third-order valence-electron chi connectivity index (χ3n) is 2.45. The Kier molecular flexibility index (Phi) is 3.57. The molecule has 0 unspecified atom stereocenters. The number of aromatic nitrogens is 1. The first kappa shape index (κ1) is 13.5. The van der Waals surface area contributed by atoms with E-state index < -0.39 is 12.7 Å². The highest BCUT2D eigenvalue weighted by Crippen LogP contribution is 2.22. The van der Waals surface area contributed by atoms with E-state index in [1.54, 1.807) is 24.3 Å². The molecular formula is C12H10F3N3S. The standard InChI is InChI=1S/C12H10F3N3S/c13-12(14,15)6-17-10-5-8(11(16)19)7-3-1-2-4-9(7)18-10/h1-5H,6H2,(H2,16,19)(H,17,18). The molecule has 1 heterocycles. The van der Waals surface area contributed by atoms with Gasteiger partial charge in [0.05, 0.1) is 5.52 Å². The minimum atomic E-state index is -4.31. The molecule has 1 aromatic carbocycles. The summed E-state index contributed by atoms with van der Waals surface area (Å²) in [4.78, 5) is 4.21. The predicted molar refractivity (Wildman–Crippen MR) is 72.2 cm³/mol. The zero-order valence-electron chi connectivity index (χ0n) is 9.66. The fourth-order valence-electron chi connectivity index (χ4n) is 1.66. The molecule has 0 fully saturated rings. The van der Waals surface area contributed by atoms with Crippen LogP contribution in [-0.4, -0.2) is 22.7 Å². The molecule has 0 aliphatic carbocycles. The van der Waals surface area contributed by atoms with Gasteiger partial charge in [-0.3, -0.25) is 0 Å². The van der Waals surface area contributed by atoms with E-state index in [1.807, 2.05) is 0 Å². The van der Waals surface area contributed by atoms with E-state index in [9.17, 15) is 13.2 Å². The lowest BCUT2D eigenvalue weighted by atomic mass is 10.1. The van der Waals surface area contributed by atoms with Gasteiger partial charge in [-0.1, -0.05) is 30.4 Å². The number of nitrogens with two attached hydrogens (primary N) is 1. The van der Waals surface area contributed by atoms with Crippen LogP contribution in [0.5, 0.6) is 0 Å². The van der Waals surface area contributed by atoms with Gasteiger partial charge >= 0.3 is 6.18 Å². The Hall–Kier alpha value is -1.89. The van der Waals surface area contributed by atoms with Crippen LogP contribution >= 0.6 is 12.2 Å². The molecule has 3 nitrogen and oxygen atoms in total. The largest absolute Gasteiger partial charge is 0.405 e. The molecule has 2 aromatic rings. The molecule has 0 spiro atoms. The van der Waals surface area contributed by atoms with Crippen LogP contribution in [0.3, 0.4) is 0 Å². The summed E-state index contributed by atoms with van der Waals surface area (Å²) in [5.41, 5.74) is 6.63. The number of rotatable bonds is 3. The first-order valence-corrected chi connectivity index (χ1v) is 5.78. The van der Waals surface area contributed by atoms with Crippen LogP contribution in [0.4, 0.5) is 19.0 Å². The summed E-state index contributed by atoms with van der Waals surface area (Å²) in [6.45, 7) is -1.16. The molecule has 0 saturated carbocycles. The monoisotopic (exact) mass is 285 g/mol. The molecule has 0 radical (unpaired) electrons. The molecule has 0 amide bonds. The van der Waals surface area contributed by atoms with Crippen molar-refractivity contribution >= 4 is 33.9 Å². The zero-order chi connectivity index (χ0) is 14.0. The van der Waals surface area contributed by atoms with Gasteiger partial charge in [-0.05, 0) is 12.1 Å².